The van der Waals surface area contributed by atoms with E-state index in [1.165, 1.54) is 0 Å². The number of nitrogen functional groups attached to an aromatic ring is 1. The number of aromatic hydroxyl groups is 1. The summed E-state index contributed by atoms with van der Waals surface area (Å²) in [6, 6.07) is 1.85. The number of anilines is 1. The topological polar surface area (TPSA) is 82.5 Å². The number of aryl methyl sites for hydroxylation is 1. The standard InChI is InChI=1S/C16H19N3O3/c1-19-12(17)8-11(18-19)13-9-4-2-7-22-16(9)14(20)10-5-3-6-21-15(10)13/h8,20H,2-7,17H2,1H3. The molecule has 0 saturated carbocycles. The van der Waals surface area contributed by atoms with Crippen molar-refractivity contribution in [2.75, 3.05) is 18.9 Å². The summed E-state index contributed by atoms with van der Waals surface area (Å²) >= 11 is 0. The molecule has 0 bridgehead atoms. The SMILES string of the molecule is Cn1nc(-c2c3c(c(O)c4c2OCCC4)OCCC3)cc1N. The molecule has 0 unspecified atom stereocenters. The fourth-order valence-corrected chi connectivity index (χ4v) is 3.30. The summed E-state index contributed by atoms with van der Waals surface area (Å²) < 4.78 is 13.3. The maximum absolute atomic E-state index is 10.6. The van der Waals surface area contributed by atoms with E-state index in [9.17, 15) is 5.11 Å². The van der Waals surface area contributed by atoms with E-state index in [1.54, 1.807) is 4.68 Å². The van der Waals surface area contributed by atoms with Crippen LogP contribution in [0, 0.1) is 0 Å². The Labute approximate surface area is 128 Å². The number of ether oxygens (including phenoxy) is 2. The minimum absolute atomic E-state index is 0.233. The summed E-state index contributed by atoms with van der Waals surface area (Å²) in [6.45, 7) is 1.28. The van der Waals surface area contributed by atoms with E-state index < -0.39 is 0 Å². The Morgan fingerprint density at radius 1 is 1.14 bits per heavy atom. The lowest BCUT2D eigenvalue weighted by Crippen LogP contribution is -2.16. The van der Waals surface area contributed by atoms with Crippen molar-refractivity contribution in [2.45, 2.75) is 25.7 Å². The van der Waals surface area contributed by atoms with Gasteiger partial charge >= 0.3 is 0 Å². The molecule has 1 aromatic heterocycles. The van der Waals surface area contributed by atoms with Crippen molar-refractivity contribution >= 4 is 5.82 Å². The lowest BCUT2D eigenvalue weighted by atomic mass is 9.90. The first-order valence-electron chi connectivity index (χ1n) is 7.63. The third-order valence-corrected chi connectivity index (χ3v) is 4.39. The molecule has 4 rings (SSSR count). The monoisotopic (exact) mass is 301 g/mol. The molecule has 22 heavy (non-hydrogen) atoms. The number of phenolic OH excluding ortho intramolecular Hbond substituents is 1. The van der Waals surface area contributed by atoms with Crippen LogP contribution in [0.5, 0.6) is 17.2 Å². The molecule has 0 aliphatic carbocycles. The lowest BCUT2D eigenvalue weighted by molar-refractivity contribution is 0.257. The minimum atomic E-state index is 0.233. The van der Waals surface area contributed by atoms with Gasteiger partial charge in [-0.1, -0.05) is 0 Å². The van der Waals surface area contributed by atoms with Crippen LogP contribution in [0.4, 0.5) is 5.82 Å². The predicted molar refractivity (Wildman–Crippen MR) is 82.4 cm³/mol. The zero-order valence-electron chi connectivity index (χ0n) is 12.6. The van der Waals surface area contributed by atoms with Crippen LogP contribution in [0.1, 0.15) is 24.0 Å². The fourth-order valence-electron chi connectivity index (χ4n) is 3.30. The van der Waals surface area contributed by atoms with Crippen molar-refractivity contribution in [3.63, 3.8) is 0 Å². The molecule has 0 radical (unpaired) electrons. The van der Waals surface area contributed by atoms with Gasteiger partial charge in [0.05, 0.1) is 24.5 Å². The summed E-state index contributed by atoms with van der Waals surface area (Å²) in [6.07, 6.45) is 3.43. The number of hydrogen-bond donors (Lipinski definition) is 2. The summed E-state index contributed by atoms with van der Waals surface area (Å²) in [7, 11) is 1.81. The highest BCUT2D eigenvalue weighted by molar-refractivity contribution is 5.81. The third-order valence-electron chi connectivity index (χ3n) is 4.39. The van der Waals surface area contributed by atoms with Gasteiger partial charge in [-0.05, 0) is 25.7 Å². The quantitative estimate of drug-likeness (QED) is 0.842. The first-order valence-corrected chi connectivity index (χ1v) is 7.63. The zero-order chi connectivity index (χ0) is 15.3. The van der Waals surface area contributed by atoms with Gasteiger partial charge in [-0.25, -0.2) is 0 Å². The summed E-state index contributed by atoms with van der Waals surface area (Å²) in [5.41, 5.74) is 9.44. The van der Waals surface area contributed by atoms with Gasteiger partial charge in [0.15, 0.2) is 11.5 Å². The largest absolute Gasteiger partial charge is 0.504 e. The van der Waals surface area contributed by atoms with E-state index in [4.69, 9.17) is 15.2 Å². The Morgan fingerprint density at radius 2 is 1.82 bits per heavy atom. The molecule has 2 aliphatic rings. The molecule has 2 aromatic rings. The molecule has 0 spiro atoms. The Kier molecular flexibility index (Phi) is 2.92. The highest BCUT2D eigenvalue weighted by Gasteiger charge is 2.31. The molecule has 0 saturated heterocycles. The van der Waals surface area contributed by atoms with E-state index in [2.05, 4.69) is 5.10 Å². The van der Waals surface area contributed by atoms with Crippen LogP contribution < -0.4 is 15.2 Å². The maximum atomic E-state index is 10.6. The number of rotatable bonds is 1. The molecular weight excluding hydrogens is 282 g/mol. The zero-order valence-corrected chi connectivity index (χ0v) is 12.6. The minimum Gasteiger partial charge on any atom is -0.504 e. The maximum Gasteiger partial charge on any atom is 0.165 e. The van der Waals surface area contributed by atoms with Gasteiger partial charge in [0, 0.05) is 24.2 Å². The second kappa shape index (κ2) is 4.83. The Hall–Kier alpha value is -2.37. The molecular formula is C16H19N3O3. The van der Waals surface area contributed by atoms with Gasteiger partial charge in [-0.3, -0.25) is 4.68 Å². The molecule has 3 N–H and O–H groups in total. The van der Waals surface area contributed by atoms with Gasteiger partial charge in [0.2, 0.25) is 0 Å². The summed E-state index contributed by atoms with van der Waals surface area (Å²) in [5, 5.41) is 15.1. The second-order valence-electron chi connectivity index (χ2n) is 5.82. The average Bonchev–Trinajstić information content (AvgIpc) is 2.87. The number of hydrogen-bond acceptors (Lipinski definition) is 5. The van der Waals surface area contributed by atoms with Crippen molar-refractivity contribution in [1.29, 1.82) is 0 Å². The van der Waals surface area contributed by atoms with E-state index >= 15 is 0 Å². The Balaban J connectivity index is 2.03. The summed E-state index contributed by atoms with van der Waals surface area (Å²) in [5.74, 6) is 2.16. The third kappa shape index (κ3) is 1.83. The average molecular weight is 301 g/mol. The van der Waals surface area contributed by atoms with E-state index in [0.717, 1.165) is 53.8 Å². The van der Waals surface area contributed by atoms with E-state index in [0.29, 0.717) is 24.8 Å². The number of fused-ring (bicyclic) bond motifs is 2. The molecule has 2 aliphatic heterocycles. The Bertz CT molecular complexity index is 695. The molecule has 1 aromatic carbocycles. The number of nitrogens with two attached hydrogens (primary N) is 1. The summed E-state index contributed by atoms with van der Waals surface area (Å²) in [4.78, 5) is 0. The predicted octanol–water partition coefficient (Wildman–Crippen LogP) is 2.02. The first-order chi connectivity index (χ1) is 10.7. The molecule has 116 valence electrons. The number of phenols is 1. The molecule has 0 fully saturated rings. The molecule has 6 nitrogen and oxygen atoms in total. The fraction of sp³-hybridized carbons (Fsp3) is 0.438. The van der Waals surface area contributed by atoms with Crippen molar-refractivity contribution in [2.24, 2.45) is 7.05 Å². The van der Waals surface area contributed by atoms with E-state index in [1.807, 2.05) is 13.1 Å². The number of benzene rings is 1. The van der Waals surface area contributed by atoms with Gasteiger partial charge in [0.25, 0.3) is 0 Å². The van der Waals surface area contributed by atoms with E-state index in [-0.39, 0.29) is 5.75 Å². The highest BCUT2D eigenvalue weighted by Crippen LogP contribution is 2.51. The molecule has 3 heterocycles. The van der Waals surface area contributed by atoms with Crippen LogP contribution in [0.15, 0.2) is 6.07 Å². The molecule has 0 amide bonds. The van der Waals surface area contributed by atoms with Crippen molar-refractivity contribution in [3.05, 3.63) is 17.2 Å². The first kappa shape index (κ1) is 13.3. The Morgan fingerprint density at radius 3 is 2.50 bits per heavy atom. The molecule has 6 heteroatoms. The van der Waals surface area contributed by atoms with Crippen molar-refractivity contribution < 1.29 is 14.6 Å². The van der Waals surface area contributed by atoms with Gasteiger partial charge < -0.3 is 20.3 Å². The van der Waals surface area contributed by atoms with Gasteiger partial charge in [-0.15, -0.1) is 0 Å². The normalized spacial score (nSPS) is 16.4. The lowest BCUT2D eigenvalue weighted by Gasteiger charge is -2.28. The van der Waals surface area contributed by atoms with Gasteiger partial charge in [-0.2, -0.15) is 5.10 Å². The van der Waals surface area contributed by atoms with Crippen LogP contribution in [0.2, 0.25) is 0 Å². The highest BCUT2D eigenvalue weighted by atomic mass is 16.5. The van der Waals surface area contributed by atoms with Crippen molar-refractivity contribution in [1.82, 2.24) is 9.78 Å². The van der Waals surface area contributed by atoms with Crippen LogP contribution in [0.25, 0.3) is 11.3 Å². The smallest absolute Gasteiger partial charge is 0.165 e. The van der Waals surface area contributed by atoms with Gasteiger partial charge in [0.1, 0.15) is 11.6 Å². The van der Waals surface area contributed by atoms with Crippen LogP contribution in [-0.2, 0) is 19.9 Å². The molecule has 0 atom stereocenters. The number of aromatic nitrogens is 2. The van der Waals surface area contributed by atoms with Crippen LogP contribution in [-0.4, -0.2) is 28.1 Å². The second-order valence-corrected chi connectivity index (χ2v) is 5.82. The van der Waals surface area contributed by atoms with Crippen molar-refractivity contribution in [3.8, 4) is 28.5 Å². The van der Waals surface area contributed by atoms with Crippen LogP contribution >= 0.6 is 0 Å². The number of nitrogens with zero attached hydrogens (tertiary/aromatic N) is 2. The van der Waals surface area contributed by atoms with Crippen LogP contribution in [0.3, 0.4) is 0 Å².